The number of hydrogen-bond acceptors (Lipinski definition) is 10. The molecule has 1 aromatic heterocycles. The number of aromatic nitrogens is 2. The number of hydroxylamine groups is 1. The fraction of sp³-hybridized carbons (Fsp3) is 0.174. The van der Waals surface area contributed by atoms with Crippen molar-refractivity contribution in [2.45, 2.75) is 18.6 Å². The zero-order chi connectivity index (χ0) is 26.7. The van der Waals surface area contributed by atoms with E-state index < -0.39 is 30.1 Å². The Morgan fingerprint density at radius 2 is 1.72 bits per heavy atom. The number of anilines is 2. The number of ether oxygens (including phenoxy) is 1. The summed E-state index contributed by atoms with van der Waals surface area (Å²) in [6.07, 6.45) is 2.42. The van der Waals surface area contributed by atoms with E-state index in [0.717, 1.165) is 22.2 Å². The molecule has 2 unspecified atom stereocenters. The lowest BCUT2D eigenvalue weighted by Crippen LogP contribution is -2.39. The Morgan fingerprint density at radius 3 is 2.33 bits per heavy atom. The maximum Gasteiger partial charge on any atom is 0.335 e. The molecular formula is C23H22N4O9. The van der Waals surface area contributed by atoms with Crippen LogP contribution in [0.4, 0.5) is 11.5 Å². The van der Waals surface area contributed by atoms with E-state index in [0.29, 0.717) is 11.6 Å². The number of rotatable bonds is 9. The fourth-order valence-corrected chi connectivity index (χ4v) is 2.64. The fourth-order valence-electron chi connectivity index (χ4n) is 2.64. The Morgan fingerprint density at radius 1 is 1.03 bits per heavy atom. The number of benzene rings is 2. The van der Waals surface area contributed by atoms with Crippen LogP contribution in [0.2, 0.25) is 0 Å². The van der Waals surface area contributed by atoms with E-state index in [1.807, 2.05) is 30.3 Å². The number of hydrogen-bond donors (Lipinski definition) is 7. The van der Waals surface area contributed by atoms with Gasteiger partial charge in [-0.3, -0.25) is 10.0 Å². The number of aliphatic hydroxyl groups excluding tert-OH is 2. The predicted octanol–water partition coefficient (Wildman–Crippen LogP) is 0.506. The molecule has 0 spiro atoms. The summed E-state index contributed by atoms with van der Waals surface area (Å²) in [5, 5.41) is 45.0. The van der Waals surface area contributed by atoms with Crippen molar-refractivity contribution in [3.05, 3.63) is 54.4 Å². The Balaban J connectivity index is 0.000000388. The number of carbonyl (C=O) groups is 3. The van der Waals surface area contributed by atoms with E-state index in [-0.39, 0.29) is 13.0 Å². The third-order valence-corrected chi connectivity index (χ3v) is 4.43. The minimum absolute atomic E-state index is 0.0455. The van der Waals surface area contributed by atoms with Gasteiger partial charge in [-0.05, 0) is 36.4 Å². The second-order valence-electron chi connectivity index (χ2n) is 6.95. The maximum atomic E-state index is 11.0. The van der Waals surface area contributed by atoms with Crippen molar-refractivity contribution in [2.75, 3.05) is 11.9 Å². The van der Waals surface area contributed by atoms with Crippen molar-refractivity contribution in [1.82, 2.24) is 15.4 Å². The van der Waals surface area contributed by atoms with Gasteiger partial charge in [0, 0.05) is 16.6 Å². The maximum absolute atomic E-state index is 11.0. The molecular weight excluding hydrogens is 476 g/mol. The average molecular weight is 498 g/mol. The lowest BCUT2D eigenvalue weighted by atomic mass is 10.2. The zero-order valence-corrected chi connectivity index (χ0v) is 18.5. The molecule has 3 rings (SSSR count). The van der Waals surface area contributed by atoms with Gasteiger partial charge in [0.25, 0.3) is 0 Å². The molecule has 13 heteroatoms. The lowest BCUT2D eigenvalue weighted by molar-refractivity contribution is -0.165. The van der Waals surface area contributed by atoms with Crippen LogP contribution in [0.5, 0.6) is 5.75 Å². The molecule has 36 heavy (non-hydrogen) atoms. The van der Waals surface area contributed by atoms with Crippen LogP contribution in [-0.4, -0.2) is 72.3 Å². The highest BCUT2D eigenvalue weighted by molar-refractivity contribution is 5.91. The lowest BCUT2D eigenvalue weighted by Gasteiger charge is -2.11. The Hall–Kier alpha value is -4.77. The van der Waals surface area contributed by atoms with E-state index in [4.69, 9.17) is 36.8 Å². The first-order chi connectivity index (χ1) is 17.2. The van der Waals surface area contributed by atoms with E-state index >= 15 is 0 Å². The molecule has 2 aromatic carbocycles. The molecule has 1 amide bonds. The summed E-state index contributed by atoms with van der Waals surface area (Å²) < 4.78 is 5.55. The van der Waals surface area contributed by atoms with Crippen LogP contribution in [0, 0.1) is 12.3 Å². The van der Waals surface area contributed by atoms with Crippen molar-refractivity contribution >= 4 is 40.3 Å². The Kier molecular flexibility index (Phi) is 10.1. The standard InChI is InChI=1S/C19H16N4O3.C4H6O6/c1-2-13-4-3-5-14(10-13)22-19-16-11-15(26-9-8-18(24)23-25)6-7-17(16)20-12-21-19;5-1(3(7)8)2(6)4(9)10/h1,3-7,10-12,25H,8-9H2,(H,23,24)(H,20,21,22);1-2,5-6H,(H,7,8)(H,9,10). The van der Waals surface area contributed by atoms with Crippen molar-refractivity contribution in [3.63, 3.8) is 0 Å². The highest BCUT2D eigenvalue weighted by Crippen LogP contribution is 2.27. The summed E-state index contributed by atoms with van der Waals surface area (Å²) in [7, 11) is 0. The van der Waals surface area contributed by atoms with E-state index in [1.54, 1.807) is 17.6 Å². The number of carboxylic acid groups (broad SMARTS) is 2. The highest BCUT2D eigenvalue weighted by atomic mass is 16.5. The second kappa shape index (κ2) is 13.2. The van der Waals surface area contributed by atoms with Gasteiger partial charge < -0.3 is 30.5 Å². The molecule has 7 N–H and O–H groups in total. The monoisotopic (exact) mass is 498 g/mol. The molecule has 2 atom stereocenters. The first-order valence-corrected chi connectivity index (χ1v) is 10.1. The van der Waals surface area contributed by atoms with Gasteiger partial charge in [-0.25, -0.2) is 25.0 Å². The second-order valence-corrected chi connectivity index (χ2v) is 6.95. The summed E-state index contributed by atoms with van der Waals surface area (Å²) in [4.78, 5) is 39.1. The average Bonchev–Trinajstić information content (AvgIpc) is 2.88. The van der Waals surface area contributed by atoms with Gasteiger partial charge in [-0.1, -0.05) is 12.0 Å². The van der Waals surface area contributed by atoms with Gasteiger partial charge in [0.2, 0.25) is 5.91 Å². The third kappa shape index (κ3) is 7.92. The predicted molar refractivity (Wildman–Crippen MR) is 125 cm³/mol. The summed E-state index contributed by atoms with van der Waals surface area (Å²) >= 11 is 0. The third-order valence-electron chi connectivity index (χ3n) is 4.43. The molecule has 1 heterocycles. The van der Waals surface area contributed by atoms with E-state index in [2.05, 4.69) is 21.2 Å². The number of nitrogens with one attached hydrogen (secondary N) is 2. The van der Waals surface area contributed by atoms with Crippen molar-refractivity contribution in [3.8, 4) is 18.1 Å². The number of aliphatic hydroxyl groups is 2. The number of fused-ring (bicyclic) bond motifs is 1. The van der Waals surface area contributed by atoms with Gasteiger partial charge in [-0.15, -0.1) is 6.42 Å². The van der Waals surface area contributed by atoms with Crippen LogP contribution in [0.15, 0.2) is 48.8 Å². The highest BCUT2D eigenvalue weighted by Gasteiger charge is 2.29. The minimum atomic E-state index is -2.27. The topological polar surface area (TPSA) is 211 Å². The number of aliphatic carboxylic acids is 2. The van der Waals surface area contributed by atoms with Gasteiger partial charge in [-0.2, -0.15) is 0 Å². The normalized spacial score (nSPS) is 11.7. The van der Waals surface area contributed by atoms with E-state index in [9.17, 15) is 14.4 Å². The van der Waals surface area contributed by atoms with E-state index in [1.165, 1.54) is 6.33 Å². The van der Waals surface area contributed by atoms with Gasteiger partial charge in [0.1, 0.15) is 17.9 Å². The molecule has 0 fully saturated rings. The van der Waals surface area contributed by atoms with Crippen LogP contribution in [0.25, 0.3) is 10.9 Å². The zero-order valence-electron chi connectivity index (χ0n) is 18.5. The van der Waals surface area contributed by atoms with Crippen molar-refractivity contribution in [2.24, 2.45) is 0 Å². The summed E-state index contributed by atoms with van der Waals surface area (Å²) in [6, 6.07) is 12.8. The van der Waals surface area contributed by atoms with Crippen molar-refractivity contribution in [1.29, 1.82) is 0 Å². The van der Waals surface area contributed by atoms with Gasteiger partial charge in [0.05, 0.1) is 18.5 Å². The van der Waals surface area contributed by atoms with Gasteiger partial charge >= 0.3 is 11.9 Å². The first kappa shape index (κ1) is 27.5. The quantitative estimate of drug-likeness (QED) is 0.122. The molecule has 188 valence electrons. The number of carbonyl (C=O) groups excluding carboxylic acids is 1. The Bertz CT molecular complexity index is 1260. The smallest absolute Gasteiger partial charge is 0.335 e. The largest absolute Gasteiger partial charge is 0.493 e. The molecule has 0 bridgehead atoms. The number of terminal acetylenes is 1. The molecule has 0 aliphatic heterocycles. The van der Waals surface area contributed by atoms with Crippen LogP contribution in [0.3, 0.4) is 0 Å². The molecule has 0 aliphatic rings. The SMILES string of the molecule is C#Cc1cccc(Nc2ncnc3ccc(OCCC(=O)NO)cc23)c1.O=C(O)C(O)C(O)C(=O)O. The van der Waals surface area contributed by atoms with Gasteiger partial charge in [0.15, 0.2) is 12.2 Å². The minimum Gasteiger partial charge on any atom is -0.493 e. The van der Waals surface area contributed by atoms with Crippen LogP contribution < -0.4 is 15.5 Å². The molecule has 0 saturated heterocycles. The molecule has 0 radical (unpaired) electrons. The van der Waals surface area contributed by atoms with Crippen molar-refractivity contribution < 1.29 is 44.8 Å². The van der Waals surface area contributed by atoms with Crippen LogP contribution in [0.1, 0.15) is 12.0 Å². The molecule has 0 saturated carbocycles. The number of carboxylic acids is 2. The van der Waals surface area contributed by atoms with Crippen LogP contribution >= 0.6 is 0 Å². The summed E-state index contributed by atoms with van der Waals surface area (Å²) in [5.41, 5.74) is 3.88. The number of nitrogens with zero attached hydrogens (tertiary/aromatic N) is 2. The molecule has 13 nitrogen and oxygen atoms in total. The number of amides is 1. The summed E-state index contributed by atoms with van der Waals surface area (Å²) in [5.74, 6) is -0.272. The Labute approximate surface area is 204 Å². The van der Waals surface area contributed by atoms with Crippen LogP contribution in [-0.2, 0) is 14.4 Å². The molecule has 3 aromatic rings. The first-order valence-electron chi connectivity index (χ1n) is 10.1. The summed E-state index contributed by atoms with van der Waals surface area (Å²) in [6.45, 7) is 0.137. The molecule has 0 aliphatic carbocycles.